The van der Waals surface area contributed by atoms with Crippen LogP contribution in [0.3, 0.4) is 0 Å². The minimum atomic E-state index is -3.34. The lowest BCUT2D eigenvalue weighted by Crippen LogP contribution is -2.26. The number of rotatable bonds is 6. The molecule has 0 spiro atoms. The normalized spacial score (nSPS) is 17.1. The first-order valence-corrected chi connectivity index (χ1v) is 8.87. The van der Waals surface area contributed by atoms with E-state index in [4.69, 9.17) is 0 Å². The summed E-state index contributed by atoms with van der Waals surface area (Å²) in [6.45, 7) is 7.46. The van der Waals surface area contributed by atoms with Crippen LogP contribution in [0.25, 0.3) is 0 Å². The monoisotopic (exact) mass is 310 g/mol. The lowest BCUT2D eigenvalue weighted by molar-refractivity contribution is -0.439. The third kappa shape index (κ3) is 3.19. The van der Waals surface area contributed by atoms with Gasteiger partial charge in [-0.2, -0.15) is 13.0 Å². The Morgan fingerprint density at radius 2 is 1.86 bits per heavy atom. The number of hydrogen-bond donors (Lipinski definition) is 0. The Morgan fingerprint density at radius 3 is 2.52 bits per heavy atom. The van der Waals surface area contributed by atoms with Crippen molar-refractivity contribution in [2.45, 2.75) is 39.0 Å². The van der Waals surface area contributed by atoms with Crippen LogP contribution in [0.4, 0.5) is 5.69 Å². The summed E-state index contributed by atoms with van der Waals surface area (Å²) >= 11 is 0. The maximum atomic E-state index is 11.3. The lowest BCUT2D eigenvalue weighted by atomic mass is 9.82. The fourth-order valence-corrected chi connectivity index (χ4v) is 3.60. The van der Waals surface area contributed by atoms with E-state index < -0.39 is 10.1 Å². The molecule has 0 saturated carbocycles. The van der Waals surface area contributed by atoms with E-state index >= 15 is 0 Å². The summed E-state index contributed by atoms with van der Waals surface area (Å²) < 4.78 is 29.4. The van der Waals surface area contributed by atoms with Crippen molar-refractivity contribution in [1.82, 2.24) is 0 Å². The van der Waals surface area contributed by atoms with Gasteiger partial charge in [0.05, 0.1) is 18.3 Å². The highest BCUT2D eigenvalue weighted by molar-refractivity contribution is 7.86. The van der Waals surface area contributed by atoms with Crippen LogP contribution in [0.1, 0.15) is 39.2 Å². The predicted molar refractivity (Wildman–Crippen MR) is 85.0 cm³/mol. The SMILES string of the molecule is COS(=O)(=O)CCCC[N+]1=C(C)C(C)(C)c2ccccc21. The largest absolute Gasteiger partial charge is 0.273 e. The molecule has 4 nitrogen and oxygen atoms in total. The molecule has 2 rings (SSSR count). The van der Waals surface area contributed by atoms with Crippen molar-refractivity contribution in [2.24, 2.45) is 0 Å². The molecule has 1 aromatic rings. The van der Waals surface area contributed by atoms with Gasteiger partial charge in [0.25, 0.3) is 10.1 Å². The molecule has 0 N–H and O–H groups in total. The quantitative estimate of drug-likeness (QED) is 0.461. The standard InChI is InChI=1S/C16H24NO3S/c1-13-16(2,3)14-9-5-6-10-15(14)17(13)11-7-8-12-21(18,19)20-4/h5-6,9-10H,7-8,11-12H2,1-4H3/q+1. The molecular weight excluding hydrogens is 286 g/mol. The van der Waals surface area contributed by atoms with E-state index in [0.29, 0.717) is 6.42 Å². The molecule has 1 aromatic carbocycles. The van der Waals surface area contributed by atoms with Gasteiger partial charge in [0.2, 0.25) is 5.69 Å². The molecule has 5 heteroatoms. The van der Waals surface area contributed by atoms with E-state index in [1.807, 2.05) is 0 Å². The van der Waals surface area contributed by atoms with Gasteiger partial charge in [-0.1, -0.05) is 18.2 Å². The smallest absolute Gasteiger partial charge is 0.267 e. The van der Waals surface area contributed by atoms with Gasteiger partial charge in [-0.05, 0) is 20.3 Å². The van der Waals surface area contributed by atoms with Crippen molar-refractivity contribution in [3.8, 4) is 0 Å². The topological polar surface area (TPSA) is 46.4 Å². The Morgan fingerprint density at radius 1 is 1.19 bits per heavy atom. The number of benzene rings is 1. The molecule has 1 aliphatic heterocycles. The van der Waals surface area contributed by atoms with Gasteiger partial charge >= 0.3 is 0 Å². The van der Waals surface area contributed by atoms with Crippen molar-refractivity contribution in [3.63, 3.8) is 0 Å². The van der Waals surface area contributed by atoms with Crippen LogP contribution in [0.5, 0.6) is 0 Å². The maximum absolute atomic E-state index is 11.3. The van der Waals surface area contributed by atoms with Crippen molar-refractivity contribution in [3.05, 3.63) is 29.8 Å². The van der Waals surface area contributed by atoms with E-state index in [1.54, 1.807) is 0 Å². The summed E-state index contributed by atoms with van der Waals surface area (Å²) in [5.41, 5.74) is 3.94. The second-order valence-electron chi connectivity index (χ2n) is 6.01. The molecule has 0 fully saturated rings. The van der Waals surface area contributed by atoms with Crippen molar-refractivity contribution in [1.29, 1.82) is 0 Å². The van der Waals surface area contributed by atoms with Gasteiger partial charge in [-0.25, -0.2) is 0 Å². The van der Waals surface area contributed by atoms with Crippen LogP contribution in [-0.2, 0) is 19.7 Å². The second kappa shape index (κ2) is 5.89. The van der Waals surface area contributed by atoms with Crippen LogP contribution < -0.4 is 0 Å². The zero-order valence-electron chi connectivity index (χ0n) is 13.2. The Balaban J connectivity index is 2.09. The Kier molecular flexibility index (Phi) is 4.54. The zero-order chi connectivity index (χ0) is 15.7. The third-order valence-corrected chi connectivity index (χ3v) is 5.75. The average Bonchev–Trinajstić information content (AvgIpc) is 2.64. The molecule has 0 unspecified atom stereocenters. The predicted octanol–water partition coefficient (Wildman–Crippen LogP) is 2.84. The highest BCUT2D eigenvalue weighted by Gasteiger charge is 2.42. The first kappa shape index (κ1) is 16.2. The Hall–Kier alpha value is -1.20. The zero-order valence-corrected chi connectivity index (χ0v) is 14.0. The van der Waals surface area contributed by atoms with E-state index in [0.717, 1.165) is 13.0 Å². The summed E-state index contributed by atoms with van der Waals surface area (Å²) in [5.74, 6) is 0.0847. The van der Waals surface area contributed by atoms with Gasteiger partial charge < -0.3 is 0 Å². The van der Waals surface area contributed by atoms with Crippen LogP contribution >= 0.6 is 0 Å². The minimum Gasteiger partial charge on any atom is -0.273 e. The van der Waals surface area contributed by atoms with Gasteiger partial charge in [0.15, 0.2) is 5.71 Å². The number of fused-ring (bicyclic) bond motifs is 1. The number of unbranched alkanes of at least 4 members (excludes halogenated alkanes) is 1. The average molecular weight is 310 g/mol. The van der Waals surface area contributed by atoms with Crippen LogP contribution in [-0.4, -0.2) is 38.1 Å². The molecule has 1 aliphatic rings. The summed E-state index contributed by atoms with van der Waals surface area (Å²) in [4.78, 5) is 0. The van der Waals surface area contributed by atoms with Gasteiger partial charge in [-0.3, -0.25) is 4.18 Å². The van der Waals surface area contributed by atoms with Crippen molar-refractivity contribution < 1.29 is 17.2 Å². The summed E-state index contributed by atoms with van der Waals surface area (Å²) in [5, 5.41) is 0. The molecular formula is C16H24NO3S+. The number of para-hydroxylation sites is 1. The Labute approximate surface area is 127 Å². The molecule has 0 bridgehead atoms. The number of hydrogen-bond acceptors (Lipinski definition) is 3. The summed E-state index contributed by atoms with van der Waals surface area (Å²) in [6.07, 6.45) is 1.44. The molecule has 0 aromatic heterocycles. The van der Waals surface area contributed by atoms with Crippen molar-refractivity contribution in [2.75, 3.05) is 19.4 Å². The van der Waals surface area contributed by atoms with E-state index in [2.05, 4.69) is 53.8 Å². The Bertz CT molecular complexity index is 660. The van der Waals surface area contributed by atoms with E-state index in [-0.39, 0.29) is 11.2 Å². The lowest BCUT2D eigenvalue weighted by Gasteiger charge is -2.14. The van der Waals surface area contributed by atoms with Gasteiger partial charge in [-0.15, -0.1) is 0 Å². The van der Waals surface area contributed by atoms with Crippen LogP contribution in [0.2, 0.25) is 0 Å². The molecule has 0 radical (unpaired) electrons. The highest BCUT2D eigenvalue weighted by Crippen LogP contribution is 2.39. The number of nitrogens with zero attached hydrogens (tertiary/aromatic N) is 1. The molecule has 0 aliphatic carbocycles. The minimum absolute atomic E-state index is 0.0369. The first-order valence-electron chi connectivity index (χ1n) is 7.29. The van der Waals surface area contributed by atoms with E-state index in [1.165, 1.54) is 24.1 Å². The fraction of sp³-hybridized carbons (Fsp3) is 0.562. The molecule has 0 atom stereocenters. The highest BCUT2D eigenvalue weighted by atomic mass is 32.2. The first-order chi connectivity index (χ1) is 9.79. The second-order valence-corrected chi connectivity index (χ2v) is 7.87. The van der Waals surface area contributed by atoms with E-state index in [9.17, 15) is 8.42 Å². The maximum Gasteiger partial charge on any atom is 0.267 e. The molecule has 0 amide bonds. The van der Waals surface area contributed by atoms with Crippen molar-refractivity contribution >= 4 is 21.5 Å². The summed E-state index contributed by atoms with van der Waals surface area (Å²) in [6, 6.07) is 8.44. The molecule has 21 heavy (non-hydrogen) atoms. The molecule has 1 heterocycles. The third-order valence-electron chi connectivity index (χ3n) is 4.46. The fourth-order valence-electron chi connectivity index (χ4n) is 2.87. The summed E-state index contributed by atoms with van der Waals surface area (Å²) in [7, 11) is -2.12. The van der Waals surface area contributed by atoms with Crippen LogP contribution in [0.15, 0.2) is 24.3 Å². The molecule has 0 saturated heterocycles. The molecule has 116 valence electrons. The van der Waals surface area contributed by atoms with Crippen LogP contribution in [0, 0.1) is 0 Å². The van der Waals surface area contributed by atoms with Gasteiger partial charge in [0.1, 0.15) is 6.54 Å². The van der Waals surface area contributed by atoms with Gasteiger partial charge in [0, 0.05) is 25.0 Å².